The summed E-state index contributed by atoms with van der Waals surface area (Å²) >= 11 is 1.42. The van der Waals surface area contributed by atoms with Crippen molar-refractivity contribution in [2.24, 2.45) is 23.2 Å². The van der Waals surface area contributed by atoms with E-state index in [0.29, 0.717) is 68.0 Å². The molecule has 4 aliphatic heterocycles. The topological polar surface area (TPSA) is 149 Å². The molecular weight excluding hydrogens is 867 g/mol. The molecule has 8 bridgehead atoms. The Morgan fingerprint density at radius 2 is 1.82 bits per heavy atom. The first-order valence-corrected chi connectivity index (χ1v) is 25.8. The first-order chi connectivity index (χ1) is 32.3. The van der Waals surface area contributed by atoms with E-state index in [9.17, 15) is 14.4 Å². The lowest BCUT2D eigenvalue weighted by molar-refractivity contribution is -0.156. The molecule has 4 aromatic rings. The summed E-state index contributed by atoms with van der Waals surface area (Å²) in [5, 5.41) is 8.30. The minimum atomic E-state index is -1.08. The number of carbonyl (C=O) groups excluding carboxylic acids is 3. The van der Waals surface area contributed by atoms with Crippen LogP contribution in [0.2, 0.25) is 0 Å². The van der Waals surface area contributed by atoms with Crippen LogP contribution in [0, 0.1) is 23.2 Å². The second-order valence-electron chi connectivity index (χ2n) is 21.0. The number of methoxy groups -OCH3 is 1. The lowest BCUT2D eigenvalue weighted by Crippen LogP contribution is -2.61. The second-order valence-corrected chi connectivity index (χ2v) is 21.9. The molecule has 0 radical (unpaired) electrons. The zero-order valence-corrected chi connectivity index (χ0v) is 41.3. The lowest BCUT2D eigenvalue weighted by atomic mass is 9.80. The van der Waals surface area contributed by atoms with Gasteiger partial charge >= 0.3 is 5.97 Å². The molecule has 67 heavy (non-hydrogen) atoms. The van der Waals surface area contributed by atoms with Crippen LogP contribution in [0.25, 0.3) is 33.4 Å². The molecule has 7 heterocycles. The minimum Gasteiger partial charge on any atom is -0.464 e. The van der Waals surface area contributed by atoms with Gasteiger partial charge in [0.2, 0.25) is 5.91 Å². The van der Waals surface area contributed by atoms with Gasteiger partial charge in [-0.2, -0.15) is 0 Å². The van der Waals surface area contributed by atoms with Crippen molar-refractivity contribution in [2.45, 2.75) is 148 Å². The van der Waals surface area contributed by atoms with E-state index in [4.69, 9.17) is 28.9 Å². The van der Waals surface area contributed by atoms with Crippen LogP contribution in [0.1, 0.15) is 127 Å². The number of morpholine rings is 1. The number of aryl methyl sites for hydroxylation is 1. The average molecular weight is 936 g/mol. The Morgan fingerprint density at radius 1 is 1.06 bits per heavy atom. The average Bonchev–Trinajstić information content (AvgIpc) is 4.18. The van der Waals surface area contributed by atoms with Crippen molar-refractivity contribution in [3.8, 4) is 22.5 Å². The first kappa shape index (κ1) is 46.5. The SMILES string of the molecule is CCO[C@@H]1c2nc(cs2)-c2ccc3c(c2)c(c(-c2cc(C4C[C@H]5COC[C@@H](C4)N5C4CC4)cnc2[C@H](C)OC)n3CC)CC(C)(C)COC(=O)[C@@H]2CCCN(N2)C(=O)[C@H]1NC(=O)C1[C@@H](C)[C@H]1C. The molecule has 10 atom stereocenters. The van der Waals surface area contributed by atoms with Gasteiger partial charge in [0.25, 0.3) is 5.91 Å². The summed E-state index contributed by atoms with van der Waals surface area (Å²) in [6.07, 6.45) is 7.36. The number of piperidine rings is 1. The highest BCUT2D eigenvalue weighted by molar-refractivity contribution is 7.10. The Hall–Kier alpha value is -4.25. The van der Waals surface area contributed by atoms with E-state index in [1.807, 2.05) is 12.3 Å². The van der Waals surface area contributed by atoms with E-state index in [0.717, 1.165) is 70.7 Å². The summed E-state index contributed by atoms with van der Waals surface area (Å²) in [5.41, 5.74) is 11.0. The summed E-state index contributed by atoms with van der Waals surface area (Å²) in [6.45, 7) is 17.7. The van der Waals surface area contributed by atoms with Crippen LogP contribution in [0.5, 0.6) is 0 Å². The number of amides is 2. The van der Waals surface area contributed by atoms with E-state index in [-0.39, 0.29) is 42.3 Å². The number of benzene rings is 1. The van der Waals surface area contributed by atoms with Crippen LogP contribution in [0.3, 0.4) is 0 Å². The number of hydrogen-bond acceptors (Lipinski definition) is 12. The largest absolute Gasteiger partial charge is 0.464 e. The number of esters is 1. The van der Waals surface area contributed by atoms with Crippen molar-refractivity contribution in [2.75, 3.05) is 40.1 Å². The van der Waals surface area contributed by atoms with Gasteiger partial charge in [0.15, 0.2) is 0 Å². The van der Waals surface area contributed by atoms with Gasteiger partial charge in [-0.05, 0) is 113 Å². The Labute approximate surface area is 398 Å². The maximum atomic E-state index is 14.7. The first-order valence-electron chi connectivity index (χ1n) is 24.9. The zero-order valence-electron chi connectivity index (χ0n) is 40.5. The number of rotatable bonds is 10. The summed E-state index contributed by atoms with van der Waals surface area (Å²) in [5.74, 6) is -0.359. The Bertz CT molecular complexity index is 2500. The van der Waals surface area contributed by atoms with Crippen molar-refractivity contribution >= 4 is 40.0 Å². The van der Waals surface area contributed by atoms with Gasteiger partial charge in [-0.3, -0.25) is 29.3 Å². The molecule has 5 fully saturated rings. The number of carbonyl (C=O) groups is 3. The van der Waals surface area contributed by atoms with Crippen molar-refractivity contribution in [1.82, 2.24) is 35.2 Å². The van der Waals surface area contributed by atoms with Gasteiger partial charge in [-0.15, -0.1) is 11.3 Å². The molecule has 10 rings (SSSR count). The van der Waals surface area contributed by atoms with Crippen LogP contribution in [-0.2, 0) is 46.3 Å². The number of nitrogens with one attached hydrogen (secondary N) is 2. The van der Waals surface area contributed by atoms with Crippen LogP contribution in [0.15, 0.2) is 35.8 Å². The number of hydrogen-bond donors (Lipinski definition) is 2. The van der Waals surface area contributed by atoms with Gasteiger partial charge in [0.1, 0.15) is 23.2 Å². The van der Waals surface area contributed by atoms with E-state index >= 15 is 0 Å². The standard InChI is InChI=1S/C52H69N7O7S/c1-9-57-42-16-13-31-20-37(42)39(46(57)38-21-33(23-53-44(38)30(5)63-8)32-18-35-24-64-25-36(19-32)59(35)34-14-15-34)22-52(6,7)27-66-51(62)40-12-11-17-58(56-40)50(61)45(55-48(60)43-28(3)29(43)4)47(65-10-2)49-54-41(31)26-67-49/h13,16,20-21,23,26,28-30,32,34-36,40,43,45,47,56H,9-12,14-15,17-19,22,24-25,27H2,1-8H3,(H,55,60)/t28-,29+,30-,32?,35-,36+,40-,43?,45-,47-/m0/s1. The number of pyridine rings is 1. The number of hydrazine groups is 1. The number of thiazole rings is 1. The van der Waals surface area contributed by atoms with E-state index in [1.165, 1.54) is 34.8 Å². The normalized spacial score (nSPS) is 30.4. The van der Waals surface area contributed by atoms with Crippen LogP contribution < -0.4 is 10.7 Å². The van der Waals surface area contributed by atoms with E-state index in [1.54, 1.807) is 7.11 Å². The maximum Gasteiger partial charge on any atom is 0.324 e. The van der Waals surface area contributed by atoms with Crippen molar-refractivity contribution in [3.63, 3.8) is 0 Å². The fourth-order valence-electron chi connectivity index (χ4n) is 11.8. The molecule has 2 amide bonds. The summed E-state index contributed by atoms with van der Waals surface area (Å²) in [6, 6.07) is 8.70. The highest BCUT2D eigenvalue weighted by Gasteiger charge is 2.51. The van der Waals surface area contributed by atoms with Gasteiger partial charge in [0, 0.05) is 89.9 Å². The van der Waals surface area contributed by atoms with E-state index in [2.05, 4.69) is 92.2 Å². The molecule has 1 aromatic carbocycles. The maximum absolute atomic E-state index is 14.7. The molecule has 0 spiro atoms. The lowest BCUT2D eigenvalue weighted by Gasteiger charge is -2.49. The molecule has 15 heteroatoms. The zero-order chi connectivity index (χ0) is 46.9. The van der Waals surface area contributed by atoms with E-state index < -0.39 is 29.6 Å². The molecule has 2 saturated carbocycles. The smallest absolute Gasteiger partial charge is 0.324 e. The highest BCUT2D eigenvalue weighted by Crippen LogP contribution is 2.48. The predicted molar refractivity (Wildman–Crippen MR) is 257 cm³/mol. The van der Waals surface area contributed by atoms with Crippen molar-refractivity contribution in [3.05, 3.63) is 57.7 Å². The van der Waals surface area contributed by atoms with Gasteiger partial charge in [0.05, 0.1) is 43.0 Å². The van der Waals surface area contributed by atoms with Crippen LogP contribution in [-0.4, -0.2) is 113 Å². The van der Waals surface area contributed by atoms with Gasteiger partial charge in [-0.1, -0.05) is 33.8 Å². The monoisotopic (exact) mass is 935 g/mol. The predicted octanol–water partition coefficient (Wildman–Crippen LogP) is 7.75. The fourth-order valence-corrected chi connectivity index (χ4v) is 12.7. The summed E-state index contributed by atoms with van der Waals surface area (Å²) in [4.78, 5) is 55.8. The molecule has 360 valence electrons. The van der Waals surface area contributed by atoms with Crippen molar-refractivity contribution in [1.29, 1.82) is 0 Å². The summed E-state index contributed by atoms with van der Waals surface area (Å²) < 4.78 is 27.3. The highest BCUT2D eigenvalue weighted by atomic mass is 32.1. The molecule has 2 N–H and O–H groups in total. The third-order valence-electron chi connectivity index (χ3n) is 15.8. The molecule has 2 unspecified atom stereocenters. The van der Waals surface area contributed by atoms with Crippen LogP contribution >= 0.6 is 11.3 Å². The molecule has 3 saturated heterocycles. The minimum absolute atomic E-state index is 0.165. The molecule has 3 aromatic heterocycles. The van der Waals surface area contributed by atoms with Crippen molar-refractivity contribution < 1.29 is 33.3 Å². The molecular formula is C52H69N7O7S. The number of cyclic esters (lactones) is 1. The number of fused-ring (bicyclic) bond motifs is 8. The van der Waals surface area contributed by atoms with Gasteiger partial charge < -0.3 is 28.8 Å². The van der Waals surface area contributed by atoms with Crippen LogP contribution in [0.4, 0.5) is 0 Å². The third-order valence-corrected chi connectivity index (χ3v) is 16.7. The Balaban J connectivity index is 1.10. The fraction of sp³-hybridized carbons (Fsp3) is 0.635. The third kappa shape index (κ3) is 8.86. The second kappa shape index (κ2) is 18.6. The number of nitrogens with zero attached hydrogens (tertiary/aromatic N) is 5. The quantitative estimate of drug-likeness (QED) is 0.150. The Morgan fingerprint density at radius 3 is 2.51 bits per heavy atom. The molecule has 2 aliphatic carbocycles. The van der Waals surface area contributed by atoms with Gasteiger partial charge in [-0.25, -0.2) is 10.4 Å². The Kier molecular flexibility index (Phi) is 12.9. The molecule has 6 aliphatic rings. The summed E-state index contributed by atoms with van der Waals surface area (Å²) in [7, 11) is 1.75. The number of aromatic nitrogens is 3. The molecule has 14 nitrogen and oxygen atoms in total. The number of ether oxygens (including phenoxy) is 4.